The zero-order chi connectivity index (χ0) is 12.6. The van der Waals surface area contributed by atoms with Crippen LogP contribution in [-0.4, -0.2) is 74.3 Å². The Morgan fingerprint density at radius 1 is 1.44 bits per heavy atom. The predicted molar refractivity (Wildman–Crippen MR) is 74.0 cm³/mol. The summed E-state index contributed by atoms with van der Waals surface area (Å²) in [5.41, 5.74) is 0. The van der Waals surface area contributed by atoms with Crippen LogP contribution >= 0.6 is 11.8 Å². The van der Waals surface area contributed by atoms with Crippen LogP contribution in [0.4, 0.5) is 0 Å². The molecule has 0 aromatic heterocycles. The molecule has 1 amide bonds. The lowest BCUT2D eigenvalue weighted by molar-refractivity contribution is -0.121. The lowest BCUT2D eigenvalue weighted by Crippen LogP contribution is -2.44. The smallest absolute Gasteiger partial charge is 0.221 e. The van der Waals surface area contributed by atoms with E-state index in [-0.39, 0.29) is 5.91 Å². The van der Waals surface area contributed by atoms with Crippen LogP contribution < -0.4 is 10.6 Å². The molecule has 2 aliphatic heterocycles. The topological polar surface area (TPSA) is 53.6 Å². The average molecular weight is 273 g/mol. The summed E-state index contributed by atoms with van der Waals surface area (Å²) < 4.78 is 5.29. The minimum atomic E-state index is 0.170. The highest BCUT2D eigenvalue weighted by molar-refractivity contribution is 7.99. The van der Waals surface area contributed by atoms with E-state index in [0.29, 0.717) is 12.5 Å². The van der Waals surface area contributed by atoms with Gasteiger partial charge >= 0.3 is 0 Å². The Morgan fingerprint density at radius 3 is 3.00 bits per heavy atom. The second-order valence-electron chi connectivity index (χ2n) is 4.73. The molecule has 2 aliphatic rings. The minimum Gasteiger partial charge on any atom is -0.379 e. The molecule has 1 unspecified atom stereocenters. The number of ether oxygens (including phenoxy) is 1. The van der Waals surface area contributed by atoms with Crippen molar-refractivity contribution in [1.82, 2.24) is 15.5 Å². The molecular formula is C12H23N3O2S. The van der Waals surface area contributed by atoms with Crippen molar-refractivity contribution < 1.29 is 9.53 Å². The van der Waals surface area contributed by atoms with Crippen LogP contribution in [0.5, 0.6) is 0 Å². The zero-order valence-electron chi connectivity index (χ0n) is 10.8. The summed E-state index contributed by atoms with van der Waals surface area (Å²) in [5.74, 6) is 2.38. The van der Waals surface area contributed by atoms with Gasteiger partial charge in [0.15, 0.2) is 0 Å². The van der Waals surface area contributed by atoms with Gasteiger partial charge in [-0.2, -0.15) is 11.8 Å². The van der Waals surface area contributed by atoms with E-state index in [2.05, 4.69) is 15.5 Å². The van der Waals surface area contributed by atoms with Gasteiger partial charge in [0.25, 0.3) is 0 Å². The van der Waals surface area contributed by atoms with E-state index in [1.54, 1.807) is 0 Å². The number of nitrogens with zero attached hydrogens (tertiary/aromatic N) is 1. The van der Waals surface area contributed by atoms with Crippen molar-refractivity contribution in [1.29, 1.82) is 0 Å². The summed E-state index contributed by atoms with van der Waals surface area (Å²) in [4.78, 5) is 14.1. The van der Waals surface area contributed by atoms with Crippen molar-refractivity contribution in [3.8, 4) is 0 Å². The van der Waals surface area contributed by atoms with Gasteiger partial charge in [-0.25, -0.2) is 0 Å². The zero-order valence-corrected chi connectivity index (χ0v) is 11.6. The van der Waals surface area contributed by atoms with E-state index in [0.717, 1.165) is 57.4 Å². The second-order valence-corrected chi connectivity index (χ2v) is 5.88. The van der Waals surface area contributed by atoms with Crippen LogP contribution in [0.3, 0.4) is 0 Å². The minimum absolute atomic E-state index is 0.170. The number of thioether (sulfide) groups is 1. The Labute approximate surface area is 113 Å². The van der Waals surface area contributed by atoms with Gasteiger partial charge < -0.3 is 15.4 Å². The first kappa shape index (κ1) is 14.1. The number of rotatable bonds is 5. The molecule has 0 bridgehead atoms. The van der Waals surface area contributed by atoms with E-state index >= 15 is 0 Å². The summed E-state index contributed by atoms with van der Waals surface area (Å²) in [6.07, 6.45) is 0.607. The molecule has 18 heavy (non-hydrogen) atoms. The van der Waals surface area contributed by atoms with Crippen LogP contribution in [0.1, 0.15) is 6.42 Å². The van der Waals surface area contributed by atoms with Crippen molar-refractivity contribution in [3.05, 3.63) is 0 Å². The quantitative estimate of drug-likeness (QED) is 0.709. The molecular weight excluding hydrogens is 250 g/mol. The number of carbonyl (C=O) groups excluding carboxylic acids is 1. The number of morpholine rings is 1. The first-order valence-electron chi connectivity index (χ1n) is 6.72. The molecule has 2 fully saturated rings. The van der Waals surface area contributed by atoms with Gasteiger partial charge in [0, 0.05) is 56.7 Å². The maximum absolute atomic E-state index is 11.7. The SMILES string of the molecule is O=C(CC1CSCCN1)NCCN1CCOCC1. The Morgan fingerprint density at radius 2 is 2.28 bits per heavy atom. The van der Waals surface area contributed by atoms with Crippen LogP contribution in [0, 0.1) is 0 Å². The Bertz CT molecular complexity index is 254. The third-order valence-electron chi connectivity index (χ3n) is 3.28. The van der Waals surface area contributed by atoms with Gasteiger partial charge in [0.05, 0.1) is 13.2 Å². The number of hydrogen-bond donors (Lipinski definition) is 2. The van der Waals surface area contributed by atoms with Gasteiger partial charge in [-0.15, -0.1) is 0 Å². The summed E-state index contributed by atoms with van der Waals surface area (Å²) in [5, 5.41) is 6.39. The lowest BCUT2D eigenvalue weighted by atomic mass is 10.2. The van der Waals surface area contributed by atoms with Gasteiger partial charge in [-0.05, 0) is 0 Å². The fraction of sp³-hybridized carbons (Fsp3) is 0.917. The molecule has 0 spiro atoms. The Kier molecular flexibility index (Phi) is 6.26. The molecule has 2 heterocycles. The summed E-state index contributed by atoms with van der Waals surface area (Å²) in [7, 11) is 0. The van der Waals surface area contributed by atoms with Crippen LogP contribution in [0.15, 0.2) is 0 Å². The Hall–Kier alpha value is -0.300. The highest BCUT2D eigenvalue weighted by atomic mass is 32.2. The maximum atomic E-state index is 11.7. The van der Waals surface area contributed by atoms with Crippen molar-refractivity contribution in [2.45, 2.75) is 12.5 Å². The van der Waals surface area contributed by atoms with E-state index < -0.39 is 0 Å². The van der Waals surface area contributed by atoms with Gasteiger partial charge in [0.2, 0.25) is 5.91 Å². The monoisotopic (exact) mass is 273 g/mol. The standard InChI is InChI=1S/C12H23N3O2S/c16-12(9-11-10-18-8-2-13-11)14-1-3-15-4-6-17-7-5-15/h11,13H,1-10H2,(H,14,16). The molecule has 0 radical (unpaired) electrons. The fourth-order valence-corrected chi connectivity index (χ4v) is 3.17. The van der Waals surface area contributed by atoms with Crippen LogP contribution in [-0.2, 0) is 9.53 Å². The number of carbonyl (C=O) groups is 1. The summed E-state index contributed by atoms with van der Waals surface area (Å²) >= 11 is 1.93. The molecule has 2 N–H and O–H groups in total. The van der Waals surface area contributed by atoms with Crippen molar-refractivity contribution in [2.24, 2.45) is 0 Å². The lowest BCUT2D eigenvalue weighted by Gasteiger charge is -2.27. The van der Waals surface area contributed by atoms with Crippen molar-refractivity contribution >= 4 is 17.7 Å². The second kappa shape index (κ2) is 7.99. The van der Waals surface area contributed by atoms with Gasteiger partial charge in [-0.1, -0.05) is 0 Å². The summed E-state index contributed by atoms with van der Waals surface area (Å²) in [6, 6.07) is 0.354. The third kappa shape index (κ3) is 5.14. The third-order valence-corrected chi connectivity index (χ3v) is 4.42. The Balaban J connectivity index is 1.53. The van der Waals surface area contributed by atoms with Crippen LogP contribution in [0.2, 0.25) is 0 Å². The predicted octanol–water partition coefficient (Wildman–Crippen LogP) is -0.470. The van der Waals surface area contributed by atoms with Crippen LogP contribution in [0.25, 0.3) is 0 Å². The molecule has 104 valence electrons. The van der Waals surface area contributed by atoms with E-state index in [1.165, 1.54) is 0 Å². The molecule has 0 aliphatic carbocycles. The number of amides is 1. The first-order chi connectivity index (χ1) is 8.84. The molecule has 0 aromatic carbocycles. The average Bonchev–Trinajstić information content (AvgIpc) is 2.41. The van der Waals surface area contributed by atoms with E-state index in [9.17, 15) is 4.79 Å². The highest BCUT2D eigenvalue weighted by Gasteiger charge is 2.16. The number of nitrogens with one attached hydrogen (secondary N) is 2. The molecule has 0 saturated carbocycles. The maximum Gasteiger partial charge on any atom is 0.221 e. The van der Waals surface area contributed by atoms with Gasteiger partial charge in [-0.3, -0.25) is 9.69 Å². The van der Waals surface area contributed by atoms with E-state index in [1.807, 2.05) is 11.8 Å². The molecule has 0 aromatic rings. The fourth-order valence-electron chi connectivity index (χ4n) is 2.22. The molecule has 5 nitrogen and oxygen atoms in total. The molecule has 2 saturated heterocycles. The molecule has 6 heteroatoms. The normalized spacial score (nSPS) is 25.9. The molecule has 1 atom stereocenters. The number of hydrogen-bond acceptors (Lipinski definition) is 5. The summed E-state index contributed by atoms with van der Waals surface area (Å²) in [6.45, 7) is 6.30. The molecule has 2 rings (SSSR count). The van der Waals surface area contributed by atoms with Gasteiger partial charge in [0.1, 0.15) is 0 Å². The van der Waals surface area contributed by atoms with Crippen molar-refractivity contribution in [2.75, 3.05) is 57.4 Å². The first-order valence-corrected chi connectivity index (χ1v) is 7.88. The van der Waals surface area contributed by atoms with E-state index in [4.69, 9.17) is 4.74 Å². The largest absolute Gasteiger partial charge is 0.379 e. The highest BCUT2D eigenvalue weighted by Crippen LogP contribution is 2.09. The van der Waals surface area contributed by atoms with Crippen molar-refractivity contribution in [3.63, 3.8) is 0 Å².